The molecule has 8 nitrogen and oxygen atoms in total. The van der Waals surface area contributed by atoms with Crippen LogP contribution in [0.1, 0.15) is 13.8 Å². The molecule has 8 heteroatoms. The Morgan fingerprint density at radius 2 is 1.91 bits per heavy atom. The van der Waals surface area contributed by atoms with Crippen LogP contribution in [0.5, 0.6) is 0 Å². The molecule has 0 aromatic carbocycles. The summed E-state index contributed by atoms with van der Waals surface area (Å²) in [5.41, 5.74) is -0.948. The SMILES string of the molecule is CC(C)(CO)[C@@H](O)C(=O)NCC(=O)NCCN1CCOCC1. The number of hydrogen-bond acceptors (Lipinski definition) is 6. The molecule has 1 aliphatic heterocycles. The molecule has 0 aliphatic carbocycles. The fraction of sp³-hybridized carbons (Fsp3) is 0.857. The fourth-order valence-electron chi connectivity index (χ4n) is 1.95. The second-order valence-corrected chi connectivity index (χ2v) is 6.07. The summed E-state index contributed by atoms with van der Waals surface area (Å²) in [6.07, 6.45) is -1.36. The first-order valence-corrected chi connectivity index (χ1v) is 7.50. The first-order valence-electron chi connectivity index (χ1n) is 7.50. The van der Waals surface area contributed by atoms with E-state index in [4.69, 9.17) is 9.84 Å². The third kappa shape index (κ3) is 6.27. The largest absolute Gasteiger partial charge is 0.396 e. The van der Waals surface area contributed by atoms with Crippen molar-refractivity contribution >= 4 is 11.8 Å². The number of carbonyl (C=O) groups excluding carboxylic acids is 2. The highest BCUT2D eigenvalue weighted by molar-refractivity contribution is 5.87. The second-order valence-electron chi connectivity index (χ2n) is 6.07. The van der Waals surface area contributed by atoms with Crippen molar-refractivity contribution in [2.45, 2.75) is 20.0 Å². The second kappa shape index (κ2) is 9.04. The van der Waals surface area contributed by atoms with Gasteiger partial charge in [-0.15, -0.1) is 0 Å². The number of rotatable bonds is 8. The highest BCUT2D eigenvalue weighted by atomic mass is 16.5. The van der Waals surface area contributed by atoms with Gasteiger partial charge in [0.25, 0.3) is 0 Å². The Kier molecular flexibility index (Phi) is 7.74. The Balaban J connectivity index is 2.18. The first-order chi connectivity index (χ1) is 10.4. The van der Waals surface area contributed by atoms with Gasteiger partial charge in [-0.2, -0.15) is 0 Å². The number of nitrogens with one attached hydrogen (secondary N) is 2. The molecule has 0 unspecified atom stereocenters. The number of nitrogens with zero attached hydrogens (tertiary/aromatic N) is 1. The lowest BCUT2D eigenvalue weighted by Gasteiger charge is -2.27. The number of aliphatic hydroxyl groups excluding tert-OH is 2. The van der Waals surface area contributed by atoms with E-state index in [1.807, 2.05) is 0 Å². The molecule has 22 heavy (non-hydrogen) atoms. The number of carbonyl (C=O) groups is 2. The first kappa shape index (κ1) is 18.8. The van der Waals surface area contributed by atoms with Gasteiger partial charge in [0.2, 0.25) is 11.8 Å². The molecule has 1 saturated heterocycles. The number of aliphatic hydroxyl groups is 2. The molecule has 1 fully saturated rings. The van der Waals surface area contributed by atoms with E-state index in [2.05, 4.69) is 15.5 Å². The van der Waals surface area contributed by atoms with E-state index in [9.17, 15) is 14.7 Å². The van der Waals surface area contributed by atoms with Crippen molar-refractivity contribution in [3.05, 3.63) is 0 Å². The average Bonchev–Trinajstić information content (AvgIpc) is 2.52. The quantitative estimate of drug-likeness (QED) is 0.409. The zero-order valence-corrected chi connectivity index (χ0v) is 13.3. The molecule has 0 aromatic heterocycles. The molecule has 0 spiro atoms. The highest BCUT2D eigenvalue weighted by Gasteiger charge is 2.32. The lowest BCUT2D eigenvalue weighted by atomic mass is 9.87. The minimum absolute atomic E-state index is 0.194. The molecular weight excluding hydrogens is 290 g/mol. The van der Waals surface area contributed by atoms with Gasteiger partial charge in [0, 0.05) is 31.6 Å². The van der Waals surface area contributed by atoms with Gasteiger partial charge in [0.1, 0.15) is 6.10 Å². The third-order valence-electron chi connectivity index (χ3n) is 3.67. The smallest absolute Gasteiger partial charge is 0.249 e. The molecule has 0 bridgehead atoms. The van der Waals surface area contributed by atoms with Crippen molar-refractivity contribution in [3.63, 3.8) is 0 Å². The van der Waals surface area contributed by atoms with E-state index in [-0.39, 0.29) is 19.1 Å². The molecule has 1 heterocycles. The Labute approximate surface area is 130 Å². The highest BCUT2D eigenvalue weighted by Crippen LogP contribution is 2.19. The number of amides is 2. The summed E-state index contributed by atoms with van der Waals surface area (Å²) in [5.74, 6) is -0.974. The van der Waals surface area contributed by atoms with Gasteiger partial charge in [0.15, 0.2) is 0 Å². The number of ether oxygens (including phenoxy) is 1. The van der Waals surface area contributed by atoms with Gasteiger partial charge in [-0.25, -0.2) is 0 Å². The predicted molar refractivity (Wildman–Crippen MR) is 80.2 cm³/mol. The van der Waals surface area contributed by atoms with E-state index in [0.29, 0.717) is 19.8 Å². The molecule has 0 radical (unpaired) electrons. The maximum Gasteiger partial charge on any atom is 0.249 e. The van der Waals surface area contributed by atoms with Crippen LogP contribution in [0.4, 0.5) is 0 Å². The predicted octanol–water partition coefficient (Wildman–Crippen LogP) is -2.07. The van der Waals surface area contributed by atoms with E-state index in [1.54, 1.807) is 13.8 Å². The summed E-state index contributed by atoms with van der Waals surface area (Å²) in [7, 11) is 0. The maximum absolute atomic E-state index is 11.7. The summed E-state index contributed by atoms with van der Waals surface area (Å²) in [6, 6.07) is 0. The van der Waals surface area contributed by atoms with Gasteiger partial charge in [-0.3, -0.25) is 14.5 Å². The summed E-state index contributed by atoms with van der Waals surface area (Å²) < 4.78 is 5.23. The van der Waals surface area contributed by atoms with E-state index in [0.717, 1.165) is 19.6 Å². The Morgan fingerprint density at radius 3 is 2.50 bits per heavy atom. The minimum atomic E-state index is -1.36. The molecule has 4 N–H and O–H groups in total. The zero-order chi connectivity index (χ0) is 16.6. The summed E-state index contributed by atoms with van der Waals surface area (Å²) in [6.45, 7) is 6.99. The number of morpholine rings is 1. The van der Waals surface area contributed by atoms with Crippen LogP contribution in [0.15, 0.2) is 0 Å². The molecular formula is C14H27N3O5. The van der Waals surface area contributed by atoms with Crippen LogP contribution < -0.4 is 10.6 Å². The van der Waals surface area contributed by atoms with Crippen LogP contribution in [0.2, 0.25) is 0 Å². The summed E-state index contributed by atoms with van der Waals surface area (Å²) in [4.78, 5) is 25.5. The molecule has 1 aliphatic rings. The minimum Gasteiger partial charge on any atom is -0.396 e. The lowest BCUT2D eigenvalue weighted by molar-refractivity contribution is -0.138. The Morgan fingerprint density at radius 1 is 1.27 bits per heavy atom. The van der Waals surface area contributed by atoms with Crippen LogP contribution in [-0.2, 0) is 14.3 Å². The van der Waals surface area contributed by atoms with Crippen molar-refractivity contribution in [2.75, 3.05) is 52.5 Å². The Hall–Kier alpha value is -1.22. The Bertz CT molecular complexity index is 369. The van der Waals surface area contributed by atoms with E-state index >= 15 is 0 Å². The average molecular weight is 317 g/mol. The van der Waals surface area contributed by atoms with Gasteiger partial charge in [0.05, 0.1) is 26.4 Å². The van der Waals surface area contributed by atoms with Crippen LogP contribution >= 0.6 is 0 Å². The van der Waals surface area contributed by atoms with Crippen LogP contribution in [0.25, 0.3) is 0 Å². The molecule has 2 amide bonds. The summed E-state index contributed by atoms with van der Waals surface area (Å²) in [5, 5.41) is 24.0. The molecule has 1 rings (SSSR count). The van der Waals surface area contributed by atoms with Crippen molar-refractivity contribution in [1.29, 1.82) is 0 Å². The van der Waals surface area contributed by atoms with Gasteiger partial charge in [-0.1, -0.05) is 13.8 Å². The van der Waals surface area contributed by atoms with Crippen LogP contribution in [0, 0.1) is 5.41 Å². The third-order valence-corrected chi connectivity index (χ3v) is 3.67. The van der Waals surface area contributed by atoms with Crippen molar-refractivity contribution in [2.24, 2.45) is 5.41 Å². The van der Waals surface area contributed by atoms with Crippen molar-refractivity contribution in [3.8, 4) is 0 Å². The lowest BCUT2D eigenvalue weighted by Crippen LogP contribution is -2.48. The van der Waals surface area contributed by atoms with Gasteiger partial charge in [-0.05, 0) is 0 Å². The maximum atomic E-state index is 11.7. The molecule has 0 aromatic rings. The topological polar surface area (TPSA) is 111 Å². The van der Waals surface area contributed by atoms with Crippen LogP contribution in [-0.4, -0.2) is 85.6 Å². The molecule has 128 valence electrons. The van der Waals surface area contributed by atoms with Gasteiger partial charge >= 0.3 is 0 Å². The monoisotopic (exact) mass is 317 g/mol. The standard InChI is InChI=1S/C14H27N3O5/c1-14(2,10-18)12(20)13(21)16-9-11(19)15-3-4-17-5-7-22-8-6-17/h12,18,20H,3-10H2,1-2H3,(H,15,19)(H,16,21)/t12-/m0/s1. The van der Waals surface area contributed by atoms with Crippen molar-refractivity contribution < 1.29 is 24.5 Å². The van der Waals surface area contributed by atoms with Crippen molar-refractivity contribution in [1.82, 2.24) is 15.5 Å². The summed E-state index contributed by atoms with van der Waals surface area (Å²) >= 11 is 0. The molecule has 0 saturated carbocycles. The normalized spacial score (nSPS) is 17.8. The van der Waals surface area contributed by atoms with E-state index in [1.165, 1.54) is 0 Å². The fourth-order valence-corrected chi connectivity index (χ4v) is 1.95. The number of hydrogen-bond donors (Lipinski definition) is 4. The molecule has 1 atom stereocenters. The van der Waals surface area contributed by atoms with Crippen LogP contribution in [0.3, 0.4) is 0 Å². The zero-order valence-electron chi connectivity index (χ0n) is 13.3. The van der Waals surface area contributed by atoms with Gasteiger partial charge < -0.3 is 25.6 Å². The van der Waals surface area contributed by atoms with E-state index < -0.39 is 17.4 Å².